The summed E-state index contributed by atoms with van der Waals surface area (Å²) in [5, 5.41) is 8.68. The number of para-hydroxylation sites is 1. The molecule has 2 N–H and O–H groups in total. The third-order valence-corrected chi connectivity index (χ3v) is 4.00. The Labute approximate surface area is 100 Å². The van der Waals surface area contributed by atoms with Crippen molar-refractivity contribution in [2.45, 2.75) is 12.5 Å². The molecular weight excluding hydrogens is 242 g/mol. The first kappa shape index (κ1) is 12.3. The van der Waals surface area contributed by atoms with Crippen LogP contribution in [0.1, 0.15) is 18.0 Å². The number of hydrogen-bond acceptors (Lipinski definition) is 4. The van der Waals surface area contributed by atoms with Gasteiger partial charge in [0.25, 0.3) is 0 Å². The fourth-order valence-corrected chi connectivity index (χ4v) is 2.90. The SMILES string of the molecule is O=S(=O)(CCO)NC1CCOc2ccccc21. The van der Waals surface area contributed by atoms with Crippen molar-refractivity contribution < 1.29 is 18.3 Å². The maximum atomic E-state index is 11.6. The number of benzene rings is 1. The lowest BCUT2D eigenvalue weighted by molar-refractivity contribution is 0.262. The molecule has 0 radical (unpaired) electrons. The first-order chi connectivity index (χ1) is 8.12. The smallest absolute Gasteiger partial charge is 0.214 e. The van der Waals surface area contributed by atoms with Crippen LogP contribution in [0.15, 0.2) is 24.3 Å². The second-order valence-electron chi connectivity index (χ2n) is 3.89. The molecule has 0 saturated carbocycles. The summed E-state index contributed by atoms with van der Waals surface area (Å²) in [4.78, 5) is 0. The fraction of sp³-hybridized carbons (Fsp3) is 0.455. The van der Waals surface area contributed by atoms with E-state index in [9.17, 15) is 8.42 Å². The number of aliphatic hydroxyl groups is 1. The first-order valence-corrected chi connectivity index (χ1v) is 7.10. The van der Waals surface area contributed by atoms with E-state index in [1.165, 1.54) is 0 Å². The van der Waals surface area contributed by atoms with Crippen molar-refractivity contribution in [3.63, 3.8) is 0 Å². The van der Waals surface area contributed by atoms with Crippen LogP contribution in [0, 0.1) is 0 Å². The normalized spacial score (nSPS) is 19.5. The Morgan fingerprint density at radius 1 is 1.41 bits per heavy atom. The summed E-state index contributed by atoms with van der Waals surface area (Å²) in [5.74, 6) is 0.447. The Bertz CT molecular complexity index is 486. The number of hydrogen-bond donors (Lipinski definition) is 2. The van der Waals surface area contributed by atoms with E-state index in [1.54, 1.807) is 0 Å². The largest absolute Gasteiger partial charge is 0.493 e. The van der Waals surface area contributed by atoms with Crippen molar-refractivity contribution in [2.75, 3.05) is 19.0 Å². The lowest BCUT2D eigenvalue weighted by Gasteiger charge is -2.26. The molecule has 6 heteroatoms. The van der Waals surface area contributed by atoms with Crippen molar-refractivity contribution >= 4 is 10.0 Å². The molecule has 1 aliphatic heterocycles. The third-order valence-electron chi connectivity index (χ3n) is 2.64. The summed E-state index contributed by atoms with van der Waals surface area (Å²) in [6.45, 7) is 0.115. The summed E-state index contributed by atoms with van der Waals surface area (Å²) < 4.78 is 31.2. The number of ether oxygens (including phenoxy) is 1. The molecule has 0 bridgehead atoms. The summed E-state index contributed by atoms with van der Waals surface area (Å²) in [7, 11) is -3.43. The molecule has 0 saturated heterocycles. The van der Waals surface area contributed by atoms with Gasteiger partial charge < -0.3 is 9.84 Å². The van der Waals surface area contributed by atoms with Gasteiger partial charge in [0.15, 0.2) is 0 Å². The van der Waals surface area contributed by atoms with Crippen molar-refractivity contribution in [1.82, 2.24) is 4.72 Å². The second-order valence-corrected chi connectivity index (χ2v) is 5.76. The van der Waals surface area contributed by atoms with Crippen molar-refractivity contribution in [3.05, 3.63) is 29.8 Å². The van der Waals surface area contributed by atoms with E-state index < -0.39 is 10.0 Å². The van der Waals surface area contributed by atoms with E-state index in [-0.39, 0.29) is 18.4 Å². The molecule has 1 heterocycles. The maximum absolute atomic E-state index is 11.6. The molecule has 17 heavy (non-hydrogen) atoms. The quantitative estimate of drug-likeness (QED) is 0.819. The van der Waals surface area contributed by atoms with E-state index in [0.717, 1.165) is 11.3 Å². The van der Waals surface area contributed by atoms with Gasteiger partial charge in [0.05, 0.1) is 25.0 Å². The molecule has 1 unspecified atom stereocenters. The predicted octanol–water partition coefficient (Wildman–Crippen LogP) is 0.422. The minimum absolute atomic E-state index is 0.267. The fourth-order valence-electron chi connectivity index (χ4n) is 1.86. The predicted molar refractivity (Wildman–Crippen MR) is 63.3 cm³/mol. The van der Waals surface area contributed by atoms with Gasteiger partial charge in [0.2, 0.25) is 10.0 Å². The van der Waals surface area contributed by atoms with E-state index in [2.05, 4.69) is 4.72 Å². The van der Waals surface area contributed by atoms with Crippen molar-refractivity contribution in [1.29, 1.82) is 0 Å². The Balaban J connectivity index is 2.19. The maximum Gasteiger partial charge on any atom is 0.214 e. The number of fused-ring (bicyclic) bond motifs is 1. The number of nitrogens with one attached hydrogen (secondary N) is 1. The van der Waals surface area contributed by atoms with Crippen molar-refractivity contribution in [2.24, 2.45) is 0 Å². The standard InChI is InChI=1S/C11H15NO4S/c13-6-8-17(14,15)12-10-5-7-16-11-4-2-1-3-9(10)11/h1-4,10,12-13H,5-8H2. The van der Waals surface area contributed by atoms with E-state index >= 15 is 0 Å². The Morgan fingerprint density at radius 2 is 2.18 bits per heavy atom. The molecule has 1 aliphatic rings. The van der Waals surface area contributed by atoms with Gasteiger partial charge in [-0.05, 0) is 6.07 Å². The molecule has 0 fully saturated rings. The second kappa shape index (κ2) is 5.03. The van der Waals surface area contributed by atoms with Crippen LogP contribution in [0.5, 0.6) is 5.75 Å². The number of sulfonamides is 1. The summed E-state index contributed by atoms with van der Waals surface area (Å²) in [6.07, 6.45) is 0.599. The average Bonchev–Trinajstić information content (AvgIpc) is 2.29. The van der Waals surface area contributed by atoms with Gasteiger partial charge in [-0.25, -0.2) is 13.1 Å². The molecule has 5 nitrogen and oxygen atoms in total. The van der Waals surface area contributed by atoms with Crippen LogP contribution < -0.4 is 9.46 Å². The lowest BCUT2D eigenvalue weighted by atomic mass is 10.0. The highest BCUT2D eigenvalue weighted by Gasteiger charge is 2.24. The van der Waals surface area contributed by atoms with Crippen LogP contribution in [0.25, 0.3) is 0 Å². The van der Waals surface area contributed by atoms with Crippen molar-refractivity contribution in [3.8, 4) is 5.75 Å². The van der Waals surface area contributed by atoms with Crippen LogP contribution in [-0.2, 0) is 10.0 Å². The molecule has 0 aromatic heterocycles. The minimum atomic E-state index is -3.43. The highest BCUT2D eigenvalue weighted by atomic mass is 32.2. The van der Waals surface area contributed by atoms with E-state index in [1.807, 2.05) is 24.3 Å². The summed E-state index contributed by atoms with van der Waals surface area (Å²) >= 11 is 0. The van der Waals surface area contributed by atoms with Crippen LogP contribution in [-0.4, -0.2) is 32.5 Å². The lowest BCUT2D eigenvalue weighted by Crippen LogP contribution is -2.34. The Kier molecular flexibility index (Phi) is 3.66. The molecule has 2 rings (SSSR count). The van der Waals surface area contributed by atoms with Crippen LogP contribution in [0.4, 0.5) is 0 Å². The highest BCUT2D eigenvalue weighted by Crippen LogP contribution is 2.31. The van der Waals surface area contributed by atoms with E-state index in [0.29, 0.717) is 13.0 Å². The van der Waals surface area contributed by atoms with Gasteiger partial charge in [-0.15, -0.1) is 0 Å². The van der Waals surface area contributed by atoms with Gasteiger partial charge >= 0.3 is 0 Å². The zero-order valence-corrected chi connectivity index (χ0v) is 10.1. The Hall–Kier alpha value is -1.11. The molecule has 0 amide bonds. The zero-order chi connectivity index (χ0) is 12.3. The van der Waals surface area contributed by atoms with Crippen LogP contribution in [0.3, 0.4) is 0 Å². The molecule has 94 valence electrons. The van der Waals surface area contributed by atoms with Crippen LogP contribution in [0.2, 0.25) is 0 Å². The molecule has 1 aromatic carbocycles. The molecule has 0 aliphatic carbocycles. The number of aliphatic hydroxyl groups excluding tert-OH is 1. The molecular formula is C11H15NO4S. The topological polar surface area (TPSA) is 75.6 Å². The van der Waals surface area contributed by atoms with Gasteiger partial charge in [-0.3, -0.25) is 0 Å². The monoisotopic (exact) mass is 257 g/mol. The third kappa shape index (κ3) is 2.96. The minimum Gasteiger partial charge on any atom is -0.493 e. The first-order valence-electron chi connectivity index (χ1n) is 5.45. The zero-order valence-electron chi connectivity index (χ0n) is 9.30. The van der Waals surface area contributed by atoms with Gasteiger partial charge in [-0.1, -0.05) is 18.2 Å². The molecule has 1 aromatic rings. The van der Waals surface area contributed by atoms with E-state index in [4.69, 9.17) is 9.84 Å². The summed E-state index contributed by atoms with van der Waals surface area (Å²) in [6, 6.07) is 7.10. The van der Waals surface area contributed by atoms with Crippen LogP contribution >= 0.6 is 0 Å². The highest BCUT2D eigenvalue weighted by molar-refractivity contribution is 7.89. The number of rotatable bonds is 4. The average molecular weight is 257 g/mol. The molecule has 1 atom stereocenters. The van der Waals surface area contributed by atoms with Gasteiger partial charge in [0.1, 0.15) is 5.75 Å². The molecule has 0 spiro atoms. The Morgan fingerprint density at radius 3 is 2.94 bits per heavy atom. The summed E-state index contributed by atoms with van der Waals surface area (Å²) in [5.41, 5.74) is 0.847. The van der Waals surface area contributed by atoms with Gasteiger partial charge in [0, 0.05) is 12.0 Å². The van der Waals surface area contributed by atoms with Gasteiger partial charge in [-0.2, -0.15) is 0 Å².